The van der Waals surface area contributed by atoms with Crippen molar-refractivity contribution in [2.75, 3.05) is 5.32 Å². The fourth-order valence-corrected chi connectivity index (χ4v) is 2.96. The highest BCUT2D eigenvalue weighted by atomic mass is 32.2. The summed E-state index contributed by atoms with van der Waals surface area (Å²) in [6, 6.07) is 17.5. The van der Waals surface area contributed by atoms with Crippen molar-refractivity contribution in [1.82, 2.24) is 10.2 Å². The molecule has 24 heavy (non-hydrogen) atoms. The molecule has 1 atom stereocenters. The third-order valence-corrected chi connectivity index (χ3v) is 4.69. The fraction of sp³-hybridized carbons (Fsp3) is 0.167. The molecule has 122 valence electrons. The molecule has 1 N–H and O–H groups in total. The number of hydrogen-bond acceptors (Lipinski definition) is 5. The minimum Gasteiger partial charge on any atom is -0.423 e. The smallest absolute Gasteiger partial charge is 0.247 e. The Morgan fingerprint density at radius 2 is 1.92 bits per heavy atom. The average molecular weight is 339 g/mol. The predicted molar refractivity (Wildman–Crippen MR) is 95.6 cm³/mol. The van der Waals surface area contributed by atoms with Gasteiger partial charge in [0.1, 0.15) is 0 Å². The van der Waals surface area contributed by atoms with Crippen molar-refractivity contribution >= 4 is 23.4 Å². The van der Waals surface area contributed by atoms with Crippen LogP contribution >= 0.6 is 11.8 Å². The summed E-state index contributed by atoms with van der Waals surface area (Å²) >= 11 is 1.61. The zero-order valence-electron chi connectivity index (χ0n) is 13.2. The van der Waals surface area contributed by atoms with E-state index in [-0.39, 0.29) is 11.2 Å². The summed E-state index contributed by atoms with van der Waals surface area (Å²) in [6.45, 7) is 1.91. The van der Waals surface area contributed by atoms with Crippen molar-refractivity contribution in [3.8, 4) is 11.5 Å². The van der Waals surface area contributed by atoms with Crippen LogP contribution in [-0.4, -0.2) is 21.4 Å². The van der Waals surface area contributed by atoms with Gasteiger partial charge in [-0.05, 0) is 36.8 Å². The Morgan fingerprint density at radius 1 is 1.17 bits per heavy atom. The molecule has 1 unspecified atom stereocenters. The summed E-state index contributed by atoms with van der Waals surface area (Å²) < 4.78 is 5.14. The molecule has 0 fully saturated rings. The molecular weight excluding hydrogens is 322 g/mol. The molecule has 6 heteroatoms. The summed E-state index contributed by atoms with van der Waals surface area (Å²) in [6.07, 6.45) is 1.29. The molecule has 1 heterocycles. The number of amides is 1. The van der Waals surface area contributed by atoms with Crippen molar-refractivity contribution in [2.45, 2.75) is 17.9 Å². The predicted octanol–water partition coefficient (Wildman–Crippen LogP) is 4.00. The van der Waals surface area contributed by atoms with E-state index >= 15 is 0 Å². The van der Waals surface area contributed by atoms with E-state index in [0.717, 1.165) is 17.0 Å². The Hall–Kier alpha value is -2.60. The molecule has 1 amide bonds. The zero-order chi connectivity index (χ0) is 16.8. The Kier molecular flexibility index (Phi) is 5.28. The zero-order valence-corrected chi connectivity index (χ0v) is 14.0. The maximum Gasteiger partial charge on any atom is 0.247 e. The lowest BCUT2D eigenvalue weighted by Gasteiger charge is -2.12. The second-order valence-corrected chi connectivity index (χ2v) is 6.58. The topological polar surface area (TPSA) is 68.0 Å². The summed E-state index contributed by atoms with van der Waals surface area (Å²) in [5, 5.41) is 10.3. The van der Waals surface area contributed by atoms with Gasteiger partial charge >= 0.3 is 0 Å². The molecule has 0 aliphatic carbocycles. The number of thioether (sulfide) groups is 1. The van der Waals surface area contributed by atoms with Crippen LogP contribution in [0.5, 0.6) is 0 Å². The minimum atomic E-state index is -0.138. The molecule has 0 aliphatic heterocycles. The first-order valence-corrected chi connectivity index (χ1v) is 8.60. The Bertz CT molecular complexity index is 774. The van der Waals surface area contributed by atoms with Gasteiger partial charge in [0.15, 0.2) is 0 Å². The van der Waals surface area contributed by atoms with Crippen LogP contribution in [0.1, 0.15) is 12.5 Å². The normalized spacial score (nSPS) is 11.9. The number of nitrogens with one attached hydrogen (secondary N) is 1. The quantitative estimate of drug-likeness (QED) is 0.735. The van der Waals surface area contributed by atoms with Crippen LogP contribution in [-0.2, 0) is 10.5 Å². The van der Waals surface area contributed by atoms with Crippen LogP contribution < -0.4 is 5.32 Å². The maximum absolute atomic E-state index is 12.3. The Labute approximate surface area is 144 Å². The lowest BCUT2D eigenvalue weighted by atomic mass is 10.2. The third-order valence-electron chi connectivity index (χ3n) is 3.47. The first-order valence-electron chi connectivity index (χ1n) is 7.55. The largest absolute Gasteiger partial charge is 0.423 e. The van der Waals surface area contributed by atoms with Gasteiger partial charge in [0.2, 0.25) is 18.2 Å². The van der Waals surface area contributed by atoms with Crippen molar-refractivity contribution < 1.29 is 9.21 Å². The van der Waals surface area contributed by atoms with Crippen LogP contribution in [0.3, 0.4) is 0 Å². The summed E-state index contributed by atoms with van der Waals surface area (Å²) in [5.74, 6) is 1.26. The maximum atomic E-state index is 12.3. The molecule has 0 bridgehead atoms. The van der Waals surface area contributed by atoms with Gasteiger partial charge in [-0.15, -0.1) is 22.0 Å². The molecule has 5 nitrogen and oxygen atoms in total. The SMILES string of the molecule is CC(SCc1ccccc1)C(=O)Nc1ccc(-c2nnco2)cc1. The highest BCUT2D eigenvalue weighted by Crippen LogP contribution is 2.21. The van der Waals surface area contributed by atoms with Gasteiger partial charge in [-0.25, -0.2) is 0 Å². The molecule has 0 spiro atoms. The van der Waals surface area contributed by atoms with Gasteiger partial charge in [0.05, 0.1) is 5.25 Å². The Balaban J connectivity index is 1.54. The van der Waals surface area contributed by atoms with E-state index in [2.05, 4.69) is 27.6 Å². The van der Waals surface area contributed by atoms with E-state index in [9.17, 15) is 4.79 Å². The number of carbonyl (C=O) groups excluding carboxylic acids is 1. The van der Waals surface area contributed by atoms with Gasteiger partial charge in [0.25, 0.3) is 0 Å². The number of carbonyl (C=O) groups is 1. The molecule has 0 saturated heterocycles. The molecule has 2 aromatic carbocycles. The molecular formula is C18H17N3O2S. The number of nitrogens with zero attached hydrogens (tertiary/aromatic N) is 2. The first kappa shape index (κ1) is 16.3. The van der Waals surface area contributed by atoms with Gasteiger partial charge < -0.3 is 9.73 Å². The molecule has 0 aliphatic rings. The standard InChI is InChI=1S/C18H17N3O2S/c1-13(24-11-14-5-3-2-4-6-14)17(22)20-16-9-7-15(8-10-16)18-21-19-12-23-18/h2-10,12-13H,11H2,1H3,(H,20,22). The number of hydrogen-bond donors (Lipinski definition) is 1. The summed E-state index contributed by atoms with van der Waals surface area (Å²) in [5.41, 5.74) is 2.78. The van der Waals surface area contributed by atoms with E-state index in [4.69, 9.17) is 4.42 Å². The molecule has 1 aromatic heterocycles. The fourth-order valence-electron chi connectivity index (χ4n) is 2.11. The van der Waals surface area contributed by atoms with Crippen LogP contribution in [0.25, 0.3) is 11.5 Å². The number of rotatable bonds is 6. The molecule has 3 aromatic rings. The summed E-state index contributed by atoms with van der Waals surface area (Å²) in [4.78, 5) is 12.3. The number of aromatic nitrogens is 2. The van der Waals surface area contributed by atoms with Crippen molar-refractivity contribution in [3.05, 3.63) is 66.6 Å². The van der Waals surface area contributed by atoms with E-state index in [0.29, 0.717) is 5.89 Å². The first-order chi connectivity index (χ1) is 11.7. The van der Waals surface area contributed by atoms with Gasteiger partial charge in [-0.1, -0.05) is 30.3 Å². The average Bonchev–Trinajstić information content (AvgIpc) is 3.16. The van der Waals surface area contributed by atoms with E-state index < -0.39 is 0 Å². The highest BCUT2D eigenvalue weighted by molar-refractivity contribution is 7.99. The van der Waals surface area contributed by atoms with Crippen LogP contribution in [0.2, 0.25) is 0 Å². The van der Waals surface area contributed by atoms with Crippen LogP contribution in [0, 0.1) is 0 Å². The van der Waals surface area contributed by atoms with E-state index in [1.165, 1.54) is 12.0 Å². The van der Waals surface area contributed by atoms with E-state index in [1.807, 2.05) is 49.4 Å². The lowest BCUT2D eigenvalue weighted by molar-refractivity contribution is -0.115. The summed E-state index contributed by atoms with van der Waals surface area (Å²) in [7, 11) is 0. The second kappa shape index (κ2) is 7.79. The molecule has 0 radical (unpaired) electrons. The molecule has 0 saturated carbocycles. The number of benzene rings is 2. The second-order valence-electron chi connectivity index (χ2n) is 5.25. The third kappa shape index (κ3) is 4.23. The van der Waals surface area contributed by atoms with Crippen LogP contribution in [0.4, 0.5) is 5.69 Å². The van der Waals surface area contributed by atoms with Crippen LogP contribution in [0.15, 0.2) is 65.4 Å². The van der Waals surface area contributed by atoms with Crippen molar-refractivity contribution in [3.63, 3.8) is 0 Å². The highest BCUT2D eigenvalue weighted by Gasteiger charge is 2.14. The van der Waals surface area contributed by atoms with Gasteiger partial charge in [0, 0.05) is 17.0 Å². The monoisotopic (exact) mass is 339 g/mol. The van der Waals surface area contributed by atoms with Gasteiger partial charge in [-0.2, -0.15) is 0 Å². The van der Waals surface area contributed by atoms with Gasteiger partial charge in [-0.3, -0.25) is 4.79 Å². The number of anilines is 1. The van der Waals surface area contributed by atoms with E-state index in [1.54, 1.807) is 11.8 Å². The minimum absolute atomic E-state index is 0.0125. The Morgan fingerprint density at radius 3 is 2.58 bits per heavy atom. The lowest BCUT2D eigenvalue weighted by Crippen LogP contribution is -2.22. The van der Waals surface area contributed by atoms with Crippen molar-refractivity contribution in [1.29, 1.82) is 0 Å². The molecule has 3 rings (SSSR count). The van der Waals surface area contributed by atoms with Crippen molar-refractivity contribution in [2.24, 2.45) is 0 Å².